The Morgan fingerprint density at radius 2 is 1.90 bits per heavy atom. The molecule has 1 atom stereocenters. The molecule has 0 saturated heterocycles. The summed E-state index contributed by atoms with van der Waals surface area (Å²) in [5, 5.41) is 26.4. The van der Waals surface area contributed by atoms with Gasteiger partial charge in [-0.15, -0.1) is 0 Å². The van der Waals surface area contributed by atoms with Crippen LogP contribution in [0.4, 0.5) is 20.3 Å². The van der Waals surface area contributed by atoms with Gasteiger partial charge in [0.15, 0.2) is 23.0 Å². The number of rotatable bonds is 11. The van der Waals surface area contributed by atoms with Gasteiger partial charge in [-0.2, -0.15) is 14.9 Å². The molecular formula is C28H25F2N7O5. The zero-order valence-corrected chi connectivity index (χ0v) is 22.2. The van der Waals surface area contributed by atoms with Crippen LogP contribution in [-0.4, -0.2) is 62.3 Å². The van der Waals surface area contributed by atoms with Gasteiger partial charge < -0.3 is 25.2 Å². The molecule has 0 aliphatic heterocycles. The van der Waals surface area contributed by atoms with Crippen LogP contribution in [0.3, 0.4) is 0 Å². The third-order valence-electron chi connectivity index (χ3n) is 6.18. The number of nitrogens with zero attached hydrogens (tertiary/aromatic N) is 4. The SMILES string of the molecule is COCC(CCO)Nc1n[nH]c2nccc(Oc3ccc(NC(=O)c4ccnn(-c5ccc(F)cc5)c4=O)cc3F)c12. The topological polar surface area (TPSA) is 156 Å². The fourth-order valence-electron chi connectivity index (χ4n) is 4.19. The minimum absolute atomic E-state index is 0.0649. The zero-order chi connectivity index (χ0) is 29.6. The Bertz CT molecular complexity index is 1770. The van der Waals surface area contributed by atoms with E-state index in [0.29, 0.717) is 29.9 Å². The van der Waals surface area contributed by atoms with Crippen molar-refractivity contribution in [2.45, 2.75) is 12.5 Å². The number of amides is 1. The molecule has 14 heteroatoms. The molecule has 0 aliphatic carbocycles. The number of hydrogen-bond donors (Lipinski definition) is 4. The normalized spacial score (nSPS) is 11.8. The lowest BCUT2D eigenvalue weighted by Crippen LogP contribution is -2.29. The highest BCUT2D eigenvalue weighted by molar-refractivity contribution is 6.04. The number of ether oxygens (including phenoxy) is 2. The Balaban J connectivity index is 1.35. The van der Waals surface area contributed by atoms with Crippen molar-refractivity contribution in [3.8, 4) is 17.2 Å². The number of hydrogen-bond acceptors (Lipinski definition) is 9. The van der Waals surface area contributed by atoms with Crippen LogP contribution in [-0.2, 0) is 4.74 Å². The van der Waals surface area contributed by atoms with Crippen LogP contribution in [0.2, 0.25) is 0 Å². The molecule has 3 aromatic heterocycles. The van der Waals surface area contributed by atoms with Gasteiger partial charge in [0.2, 0.25) is 0 Å². The van der Waals surface area contributed by atoms with Gasteiger partial charge in [-0.25, -0.2) is 13.8 Å². The first-order valence-corrected chi connectivity index (χ1v) is 12.7. The van der Waals surface area contributed by atoms with Gasteiger partial charge in [-0.3, -0.25) is 14.7 Å². The highest BCUT2D eigenvalue weighted by Gasteiger charge is 2.19. The molecule has 216 valence electrons. The summed E-state index contributed by atoms with van der Waals surface area (Å²) in [6.45, 7) is 0.247. The molecule has 12 nitrogen and oxygen atoms in total. The monoisotopic (exact) mass is 577 g/mol. The summed E-state index contributed by atoms with van der Waals surface area (Å²) in [6, 6.07) is 11.4. The first-order valence-electron chi connectivity index (χ1n) is 12.7. The van der Waals surface area contributed by atoms with Crippen LogP contribution in [0.25, 0.3) is 16.7 Å². The number of pyridine rings is 1. The Morgan fingerprint density at radius 1 is 1.10 bits per heavy atom. The number of aliphatic hydroxyl groups excluding tert-OH is 1. The molecule has 0 spiro atoms. The third kappa shape index (κ3) is 6.09. The van der Waals surface area contributed by atoms with Crippen LogP contribution in [0.1, 0.15) is 16.8 Å². The average Bonchev–Trinajstić information content (AvgIpc) is 3.39. The molecule has 4 N–H and O–H groups in total. The van der Waals surface area contributed by atoms with E-state index in [2.05, 4.69) is 30.9 Å². The third-order valence-corrected chi connectivity index (χ3v) is 6.18. The Hall–Kier alpha value is -5.21. The molecule has 0 saturated carbocycles. The van der Waals surface area contributed by atoms with Crippen LogP contribution < -0.4 is 20.9 Å². The van der Waals surface area contributed by atoms with E-state index in [1.807, 2.05) is 0 Å². The van der Waals surface area contributed by atoms with Crippen molar-refractivity contribution in [3.05, 3.63) is 94.5 Å². The molecule has 5 rings (SSSR count). The zero-order valence-electron chi connectivity index (χ0n) is 22.2. The number of carbonyl (C=O) groups excluding carboxylic acids is 1. The van der Waals surface area contributed by atoms with Crippen LogP contribution in [0.15, 0.2) is 71.8 Å². The number of carbonyl (C=O) groups is 1. The van der Waals surface area contributed by atoms with E-state index in [-0.39, 0.29) is 41.1 Å². The Kier molecular flexibility index (Phi) is 8.45. The molecule has 3 heterocycles. The summed E-state index contributed by atoms with van der Waals surface area (Å²) in [6.07, 6.45) is 3.13. The fraction of sp³-hybridized carbons (Fsp3) is 0.179. The average molecular weight is 578 g/mol. The molecule has 1 unspecified atom stereocenters. The second-order valence-corrected chi connectivity index (χ2v) is 9.05. The Morgan fingerprint density at radius 3 is 2.64 bits per heavy atom. The van der Waals surface area contributed by atoms with Gasteiger partial charge in [-0.1, -0.05) is 0 Å². The van der Waals surface area contributed by atoms with Gasteiger partial charge in [0.25, 0.3) is 11.5 Å². The first kappa shape index (κ1) is 28.3. The fourth-order valence-corrected chi connectivity index (χ4v) is 4.19. The van der Waals surface area contributed by atoms with Crippen molar-refractivity contribution < 1.29 is 28.2 Å². The van der Waals surface area contributed by atoms with Crippen LogP contribution in [0, 0.1) is 11.6 Å². The minimum atomic E-state index is -0.787. The van der Waals surface area contributed by atoms with Crippen molar-refractivity contribution >= 4 is 28.4 Å². The number of anilines is 2. The smallest absolute Gasteiger partial charge is 0.284 e. The van der Waals surface area contributed by atoms with E-state index in [1.165, 1.54) is 54.9 Å². The van der Waals surface area contributed by atoms with E-state index < -0.39 is 23.1 Å². The largest absolute Gasteiger partial charge is 0.453 e. The van der Waals surface area contributed by atoms with Crippen molar-refractivity contribution in [2.24, 2.45) is 0 Å². The predicted molar refractivity (Wildman–Crippen MR) is 149 cm³/mol. The second-order valence-electron chi connectivity index (χ2n) is 9.05. The number of halogens is 2. The number of benzene rings is 2. The maximum Gasteiger partial charge on any atom is 0.284 e. The molecule has 0 radical (unpaired) electrons. The highest BCUT2D eigenvalue weighted by Crippen LogP contribution is 2.34. The second kappa shape index (κ2) is 12.5. The lowest BCUT2D eigenvalue weighted by Gasteiger charge is -2.17. The number of H-pyrrole nitrogens is 1. The summed E-state index contributed by atoms with van der Waals surface area (Å²) in [7, 11) is 1.54. The van der Waals surface area contributed by atoms with Crippen LogP contribution in [0.5, 0.6) is 11.5 Å². The molecule has 1 amide bonds. The number of methoxy groups -OCH3 is 1. The summed E-state index contributed by atoms with van der Waals surface area (Å²) in [5.41, 5.74) is -0.246. The van der Waals surface area contributed by atoms with Crippen LogP contribution >= 0.6 is 0 Å². The lowest BCUT2D eigenvalue weighted by molar-refractivity contribution is 0.102. The van der Waals surface area contributed by atoms with E-state index in [1.54, 1.807) is 13.2 Å². The number of aromatic amines is 1. The summed E-state index contributed by atoms with van der Waals surface area (Å²) >= 11 is 0. The number of aromatic nitrogens is 5. The van der Waals surface area contributed by atoms with E-state index in [9.17, 15) is 19.1 Å². The van der Waals surface area contributed by atoms with Gasteiger partial charge in [-0.05, 0) is 48.9 Å². The molecule has 5 aromatic rings. The van der Waals surface area contributed by atoms with Gasteiger partial charge in [0, 0.05) is 43.9 Å². The lowest BCUT2D eigenvalue weighted by atomic mass is 10.2. The Labute approximate surface area is 236 Å². The molecule has 0 bridgehead atoms. The molecule has 0 aliphatic rings. The molecular weight excluding hydrogens is 552 g/mol. The van der Waals surface area contributed by atoms with Crippen molar-refractivity contribution in [1.82, 2.24) is 25.0 Å². The van der Waals surface area contributed by atoms with E-state index in [4.69, 9.17) is 9.47 Å². The van der Waals surface area contributed by atoms with E-state index in [0.717, 1.165) is 10.7 Å². The maximum atomic E-state index is 15.1. The number of aliphatic hydroxyl groups is 1. The van der Waals surface area contributed by atoms with Crippen molar-refractivity contribution in [3.63, 3.8) is 0 Å². The summed E-state index contributed by atoms with van der Waals surface area (Å²) in [4.78, 5) is 30.0. The summed E-state index contributed by atoms with van der Waals surface area (Å²) < 4.78 is 40.4. The van der Waals surface area contributed by atoms with Crippen molar-refractivity contribution in [2.75, 3.05) is 31.0 Å². The first-order chi connectivity index (χ1) is 20.4. The van der Waals surface area contributed by atoms with E-state index >= 15 is 4.39 Å². The minimum Gasteiger partial charge on any atom is -0.453 e. The molecule has 42 heavy (non-hydrogen) atoms. The van der Waals surface area contributed by atoms with Gasteiger partial charge >= 0.3 is 0 Å². The highest BCUT2D eigenvalue weighted by atomic mass is 19.1. The van der Waals surface area contributed by atoms with Crippen molar-refractivity contribution in [1.29, 1.82) is 0 Å². The number of fused-ring (bicyclic) bond motifs is 1. The predicted octanol–water partition coefficient (Wildman–Crippen LogP) is 3.64. The van der Waals surface area contributed by atoms with Gasteiger partial charge in [0.05, 0.1) is 18.3 Å². The molecule has 2 aromatic carbocycles. The maximum absolute atomic E-state index is 15.1. The standard InChI is InChI=1S/C28H25F2N7O5/c1-41-15-18(10-13-38)33-26-24-23(9-11-31-25(24)35-36-26)42-22-7-4-17(14-21(22)30)34-27(39)20-8-12-32-37(28(20)40)19-5-2-16(29)3-6-19/h2-9,11-12,14,18,38H,10,13,15H2,1H3,(H,34,39)(H2,31,33,35,36). The molecule has 0 fully saturated rings. The summed E-state index contributed by atoms with van der Waals surface area (Å²) in [5.74, 6) is -1.56. The van der Waals surface area contributed by atoms with Gasteiger partial charge in [0.1, 0.15) is 22.5 Å². The quantitative estimate of drug-likeness (QED) is 0.184. The number of nitrogens with one attached hydrogen (secondary N) is 3.